The second-order valence-electron chi connectivity index (χ2n) is 4.45. The lowest BCUT2D eigenvalue weighted by molar-refractivity contribution is -0.384. The summed E-state index contributed by atoms with van der Waals surface area (Å²) < 4.78 is 4.67. The zero-order valence-corrected chi connectivity index (χ0v) is 11.6. The van der Waals surface area contributed by atoms with Crippen molar-refractivity contribution in [2.75, 3.05) is 12.4 Å². The number of nitrogens with one attached hydrogen (secondary N) is 1. The molecule has 0 saturated heterocycles. The molecule has 0 aromatic heterocycles. The van der Waals surface area contributed by atoms with Crippen molar-refractivity contribution >= 4 is 23.0 Å². The number of non-ortho nitro benzene ring substituents is 1. The Morgan fingerprint density at radius 3 is 2.62 bits per heavy atom. The third-order valence-electron chi connectivity index (χ3n) is 2.98. The molecule has 1 N–H and O–H groups in total. The van der Waals surface area contributed by atoms with Crippen LogP contribution in [-0.2, 0) is 4.74 Å². The number of aryl methyl sites for hydroxylation is 1. The predicted molar refractivity (Wildman–Crippen MR) is 78.9 cm³/mol. The molecule has 108 valence electrons. The fourth-order valence-electron chi connectivity index (χ4n) is 1.90. The van der Waals surface area contributed by atoms with Gasteiger partial charge in [0.15, 0.2) is 0 Å². The maximum atomic E-state index is 11.5. The minimum absolute atomic E-state index is 0.0429. The highest BCUT2D eigenvalue weighted by Crippen LogP contribution is 2.25. The van der Waals surface area contributed by atoms with Gasteiger partial charge in [-0.2, -0.15) is 0 Å². The van der Waals surface area contributed by atoms with Gasteiger partial charge in [-0.25, -0.2) is 4.79 Å². The second kappa shape index (κ2) is 6.04. The number of nitrogens with zero attached hydrogens (tertiary/aromatic N) is 1. The molecule has 0 aliphatic carbocycles. The zero-order valence-electron chi connectivity index (χ0n) is 11.6. The molecule has 0 amide bonds. The summed E-state index contributed by atoms with van der Waals surface area (Å²) in [6.45, 7) is 1.78. The molecule has 0 spiro atoms. The molecular weight excluding hydrogens is 272 g/mol. The Labute approximate surface area is 121 Å². The van der Waals surface area contributed by atoms with E-state index in [0.717, 1.165) is 11.3 Å². The summed E-state index contributed by atoms with van der Waals surface area (Å²) >= 11 is 0. The lowest BCUT2D eigenvalue weighted by Gasteiger charge is -2.10. The Morgan fingerprint density at radius 2 is 2.00 bits per heavy atom. The van der Waals surface area contributed by atoms with Crippen LogP contribution in [0.25, 0.3) is 0 Å². The number of anilines is 2. The van der Waals surface area contributed by atoms with Gasteiger partial charge in [0.1, 0.15) is 0 Å². The van der Waals surface area contributed by atoms with Crippen LogP contribution in [0.1, 0.15) is 15.9 Å². The Bertz CT molecular complexity index is 698. The summed E-state index contributed by atoms with van der Waals surface area (Å²) in [5.74, 6) is -0.418. The molecular formula is C15H14N2O4. The Balaban J connectivity index is 2.26. The van der Waals surface area contributed by atoms with Gasteiger partial charge in [0.2, 0.25) is 0 Å². The van der Waals surface area contributed by atoms with Crippen molar-refractivity contribution in [2.45, 2.75) is 6.92 Å². The van der Waals surface area contributed by atoms with E-state index in [1.54, 1.807) is 37.3 Å². The van der Waals surface area contributed by atoms with Crippen LogP contribution in [0.5, 0.6) is 0 Å². The van der Waals surface area contributed by atoms with Crippen LogP contribution in [0.15, 0.2) is 42.5 Å². The number of esters is 1. The zero-order chi connectivity index (χ0) is 15.4. The topological polar surface area (TPSA) is 81.5 Å². The van der Waals surface area contributed by atoms with Crippen LogP contribution in [0, 0.1) is 17.0 Å². The van der Waals surface area contributed by atoms with Gasteiger partial charge in [-0.05, 0) is 36.8 Å². The molecule has 0 bridgehead atoms. The van der Waals surface area contributed by atoms with E-state index < -0.39 is 10.9 Å². The van der Waals surface area contributed by atoms with E-state index in [2.05, 4.69) is 10.1 Å². The number of methoxy groups -OCH3 is 1. The molecule has 2 aromatic rings. The van der Waals surface area contributed by atoms with Crippen molar-refractivity contribution in [2.24, 2.45) is 0 Å². The number of benzene rings is 2. The van der Waals surface area contributed by atoms with Crippen LogP contribution in [0.2, 0.25) is 0 Å². The molecule has 0 aliphatic rings. The van der Waals surface area contributed by atoms with Crippen molar-refractivity contribution in [3.05, 3.63) is 63.7 Å². The first-order valence-corrected chi connectivity index (χ1v) is 6.21. The monoisotopic (exact) mass is 286 g/mol. The Kier molecular flexibility index (Phi) is 4.18. The van der Waals surface area contributed by atoms with E-state index in [0.29, 0.717) is 11.3 Å². The average molecular weight is 286 g/mol. The molecule has 0 unspecified atom stereocenters. The quantitative estimate of drug-likeness (QED) is 0.529. The van der Waals surface area contributed by atoms with E-state index in [1.165, 1.54) is 19.2 Å². The molecule has 6 heteroatoms. The summed E-state index contributed by atoms with van der Waals surface area (Å²) in [6, 6.07) is 11.4. The highest BCUT2D eigenvalue weighted by molar-refractivity contribution is 5.90. The van der Waals surface area contributed by atoms with E-state index in [4.69, 9.17) is 0 Å². The highest BCUT2D eigenvalue weighted by Gasteiger charge is 2.09. The first-order chi connectivity index (χ1) is 10.0. The van der Waals surface area contributed by atoms with Gasteiger partial charge in [0.05, 0.1) is 17.6 Å². The summed E-state index contributed by atoms with van der Waals surface area (Å²) in [5.41, 5.74) is 2.66. The minimum Gasteiger partial charge on any atom is -0.465 e. The Hall–Kier alpha value is -2.89. The number of hydrogen-bond donors (Lipinski definition) is 1. The SMILES string of the molecule is COC(=O)c1cccc(Nc2ccc([N+](=O)[O-])cc2C)c1. The maximum Gasteiger partial charge on any atom is 0.337 e. The number of carbonyl (C=O) groups is 1. The lowest BCUT2D eigenvalue weighted by Crippen LogP contribution is -2.02. The highest BCUT2D eigenvalue weighted by atomic mass is 16.6. The number of nitro groups is 1. The molecule has 0 radical (unpaired) electrons. The van der Waals surface area contributed by atoms with Gasteiger partial charge in [0.25, 0.3) is 5.69 Å². The third kappa shape index (κ3) is 3.36. The van der Waals surface area contributed by atoms with Crippen LogP contribution in [0.4, 0.5) is 17.1 Å². The predicted octanol–water partition coefficient (Wildman–Crippen LogP) is 3.43. The van der Waals surface area contributed by atoms with Crippen molar-refractivity contribution < 1.29 is 14.5 Å². The number of ether oxygens (including phenoxy) is 1. The minimum atomic E-state index is -0.436. The largest absolute Gasteiger partial charge is 0.465 e. The third-order valence-corrected chi connectivity index (χ3v) is 2.98. The van der Waals surface area contributed by atoms with Crippen molar-refractivity contribution in [3.63, 3.8) is 0 Å². The fourth-order valence-corrected chi connectivity index (χ4v) is 1.90. The summed E-state index contributed by atoms with van der Waals surface area (Å²) in [5, 5.41) is 13.8. The molecule has 2 rings (SSSR count). The molecule has 0 saturated carbocycles. The van der Waals surface area contributed by atoms with Crippen LogP contribution < -0.4 is 5.32 Å². The molecule has 2 aromatic carbocycles. The van der Waals surface area contributed by atoms with E-state index in [1.807, 2.05) is 0 Å². The van der Waals surface area contributed by atoms with E-state index >= 15 is 0 Å². The lowest BCUT2D eigenvalue weighted by atomic mass is 10.1. The standard InChI is InChI=1S/C15H14N2O4/c1-10-8-13(17(19)20)6-7-14(10)16-12-5-3-4-11(9-12)15(18)21-2/h3-9,16H,1-2H3. The smallest absolute Gasteiger partial charge is 0.337 e. The number of nitro benzene ring substituents is 1. The maximum absolute atomic E-state index is 11.5. The first-order valence-electron chi connectivity index (χ1n) is 6.21. The number of rotatable bonds is 4. The van der Waals surface area contributed by atoms with E-state index in [9.17, 15) is 14.9 Å². The molecule has 0 fully saturated rings. The molecule has 6 nitrogen and oxygen atoms in total. The molecule has 0 atom stereocenters. The van der Waals surface area contributed by atoms with Crippen LogP contribution in [-0.4, -0.2) is 18.0 Å². The van der Waals surface area contributed by atoms with Crippen molar-refractivity contribution in [1.82, 2.24) is 0 Å². The second-order valence-corrected chi connectivity index (χ2v) is 4.45. The summed E-state index contributed by atoms with van der Waals surface area (Å²) in [7, 11) is 1.32. The summed E-state index contributed by atoms with van der Waals surface area (Å²) in [4.78, 5) is 21.8. The van der Waals surface area contributed by atoms with Gasteiger partial charge in [-0.1, -0.05) is 6.07 Å². The number of carbonyl (C=O) groups excluding carboxylic acids is 1. The Morgan fingerprint density at radius 1 is 1.24 bits per heavy atom. The van der Waals surface area contributed by atoms with Gasteiger partial charge in [-0.15, -0.1) is 0 Å². The van der Waals surface area contributed by atoms with Crippen LogP contribution >= 0.6 is 0 Å². The fraction of sp³-hybridized carbons (Fsp3) is 0.133. The molecule has 0 heterocycles. The normalized spacial score (nSPS) is 10.0. The van der Waals surface area contributed by atoms with Crippen LogP contribution in [0.3, 0.4) is 0 Å². The van der Waals surface area contributed by atoms with Gasteiger partial charge < -0.3 is 10.1 Å². The first kappa shape index (κ1) is 14.5. The average Bonchev–Trinajstić information content (AvgIpc) is 2.48. The molecule has 21 heavy (non-hydrogen) atoms. The van der Waals surface area contributed by atoms with Gasteiger partial charge in [-0.3, -0.25) is 10.1 Å². The van der Waals surface area contributed by atoms with E-state index in [-0.39, 0.29) is 5.69 Å². The van der Waals surface area contributed by atoms with Crippen molar-refractivity contribution in [3.8, 4) is 0 Å². The summed E-state index contributed by atoms with van der Waals surface area (Å²) in [6.07, 6.45) is 0. The van der Waals surface area contributed by atoms with Crippen molar-refractivity contribution in [1.29, 1.82) is 0 Å². The molecule has 0 aliphatic heterocycles. The van der Waals surface area contributed by atoms with Gasteiger partial charge >= 0.3 is 5.97 Å². The number of hydrogen-bond acceptors (Lipinski definition) is 5. The van der Waals surface area contributed by atoms with Gasteiger partial charge in [0, 0.05) is 23.5 Å².